The highest BCUT2D eigenvalue weighted by molar-refractivity contribution is 5.94. The maximum absolute atomic E-state index is 13.4. The van der Waals surface area contributed by atoms with Gasteiger partial charge in [-0.3, -0.25) is 4.79 Å². The van der Waals surface area contributed by atoms with Gasteiger partial charge in [-0.1, -0.05) is 20.8 Å². The summed E-state index contributed by atoms with van der Waals surface area (Å²) in [5.74, 6) is -4.32. The van der Waals surface area contributed by atoms with E-state index in [-0.39, 0.29) is 6.42 Å². The highest BCUT2D eigenvalue weighted by Crippen LogP contribution is 2.84. The third kappa shape index (κ3) is 1.33. The summed E-state index contributed by atoms with van der Waals surface area (Å²) in [6.45, 7) is 7.14. The van der Waals surface area contributed by atoms with Gasteiger partial charge in [0.25, 0.3) is 0 Å². The van der Waals surface area contributed by atoms with Crippen molar-refractivity contribution in [1.82, 2.24) is 0 Å². The second-order valence-electron chi connectivity index (χ2n) is 10.7. The van der Waals surface area contributed by atoms with E-state index in [0.29, 0.717) is 0 Å². The number of esters is 3. The van der Waals surface area contributed by atoms with Crippen LogP contribution >= 0.6 is 0 Å². The zero-order valence-corrected chi connectivity index (χ0v) is 16.9. The first-order valence-corrected chi connectivity index (χ1v) is 10.2. The minimum atomic E-state index is -2.24. The van der Waals surface area contributed by atoms with Gasteiger partial charge in [0.2, 0.25) is 11.9 Å². The second-order valence-corrected chi connectivity index (χ2v) is 10.7. The van der Waals surface area contributed by atoms with Crippen molar-refractivity contribution in [2.24, 2.45) is 28.1 Å². The van der Waals surface area contributed by atoms with Crippen molar-refractivity contribution in [1.29, 1.82) is 0 Å². The van der Waals surface area contributed by atoms with E-state index >= 15 is 0 Å². The van der Waals surface area contributed by atoms with Gasteiger partial charge in [-0.15, -0.1) is 0 Å². The lowest BCUT2D eigenvalue weighted by Gasteiger charge is -2.47. The van der Waals surface area contributed by atoms with Crippen LogP contribution < -0.4 is 0 Å². The summed E-state index contributed by atoms with van der Waals surface area (Å²) in [5, 5.41) is 34.7. The average molecular weight is 424 g/mol. The highest BCUT2D eigenvalue weighted by Gasteiger charge is 3.03. The summed E-state index contributed by atoms with van der Waals surface area (Å²) in [4.78, 5) is 38.2. The molecule has 164 valence electrons. The minimum Gasteiger partial charge on any atom is -0.459 e. The number of carbonyl (C=O) groups is 3. The van der Waals surface area contributed by atoms with Crippen LogP contribution in [0.5, 0.6) is 0 Å². The molecule has 2 aliphatic carbocycles. The van der Waals surface area contributed by atoms with Crippen LogP contribution in [0.3, 0.4) is 0 Å². The highest BCUT2D eigenvalue weighted by atomic mass is 16.8. The van der Waals surface area contributed by atoms with Crippen LogP contribution in [0.15, 0.2) is 0 Å². The molecule has 4 aliphatic heterocycles. The topological polar surface area (TPSA) is 149 Å². The number of hydrogen-bond acceptors (Lipinski definition) is 10. The Labute approximate surface area is 171 Å². The van der Waals surface area contributed by atoms with Gasteiger partial charge < -0.3 is 34.3 Å². The number of aliphatic hydroxyl groups excluding tert-OH is 2. The maximum atomic E-state index is 13.4. The first-order valence-electron chi connectivity index (χ1n) is 10.2. The Morgan fingerprint density at radius 3 is 2.33 bits per heavy atom. The van der Waals surface area contributed by atoms with E-state index in [0.717, 1.165) is 0 Å². The molecule has 6 rings (SSSR count). The lowest BCUT2D eigenvalue weighted by molar-refractivity contribution is -0.239. The van der Waals surface area contributed by atoms with E-state index in [4.69, 9.17) is 18.9 Å². The average Bonchev–Trinajstić information content (AvgIpc) is 3.35. The van der Waals surface area contributed by atoms with E-state index in [1.807, 2.05) is 20.8 Å². The summed E-state index contributed by atoms with van der Waals surface area (Å²) in [6.07, 6.45) is -6.91. The van der Waals surface area contributed by atoms with Crippen LogP contribution in [0, 0.1) is 28.1 Å². The predicted octanol–water partition coefficient (Wildman–Crippen LogP) is -1.37. The number of fused-ring (bicyclic) bond motifs is 1. The zero-order chi connectivity index (χ0) is 21.8. The fraction of sp³-hybridized carbons (Fsp3) is 0.850. The number of ether oxygens (including phenoxy) is 4. The zero-order valence-electron chi connectivity index (χ0n) is 16.9. The van der Waals surface area contributed by atoms with Gasteiger partial charge in [0, 0.05) is 0 Å². The lowest BCUT2D eigenvalue weighted by Crippen LogP contribution is -2.67. The molecule has 0 unspecified atom stereocenters. The number of aliphatic hydroxyl groups is 3. The molecule has 0 radical (unpaired) electrons. The molecule has 6 fully saturated rings. The molecule has 0 bridgehead atoms. The molecule has 11 atom stereocenters. The predicted molar refractivity (Wildman–Crippen MR) is 92.0 cm³/mol. The molecule has 0 aromatic heterocycles. The molecule has 0 aromatic rings. The molecule has 4 heterocycles. The van der Waals surface area contributed by atoms with Gasteiger partial charge in [0.1, 0.15) is 12.2 Å². The van der Waals surface area contributed by atoms with E-state index in [1.54, 1.807) is 0 Å². The van der Waals surface area contributed by atoms with Crippen LogP contribution in [-0.4, -0.2) is 75.1 Å². The molecule has 0 amide bonds. The first-order chi connectivity index (χ1) is 13.8. The Kier molecular flexibility index (Phi) is 2.97. The van der Waals surface area contributed by atoms with Gasteiger partial charge in [0.15, 0.2) is 17.8 Å². The fourth-order valence-corrected chi connectivity index (χ4v) is 8.12. The van der Waals surface area contributed by atoms with Gasteiger partial charge >= 0.3 is 17.9 Å². The Balaban J connectivity index is 1.72. The third-order valence-electron chi connectivity index (χ3n) is 9.00. The van der Waals surface area contributed by atoms with Crippen molar-refractivity contribution in [2.75, 3.05) is 0 Å². The van der Waals surface area contributed by atoms with Gasteiger partial charge in [-0.2, -0.15) is 0 Å². The smallest absolute Gasteiger partial charge is 0.343 e. The van der Waals surface area contributed by atoms with Crippen LogP contribution in [-0.2, 0) is 33.3 Å². The monoisotopic (exact) mass is 424 g/mol. The van der Waals surface area contributed by atoms with E-state index in [9.17, 15) is 29.7 Å². The van der Waals surface area contributed by atoms with Crippen LogP contribution in [0.25, 0.3) is 0 Å². The molecule has 4 saturated heterocycles. The van der Waals surface area contributed by atoms with E-state index in [1.165, 1.54) is 6.92 Å². The Morgan fingerprint density at radius 2 is 1.70 bits per heavy atom. The fourth-order valence-electron chi connectivity index (χ4n) is 8.12. The number of rotatable bonds is 0. The van der Waals surface area contributed by atoms with Gasteiger partial charge in [0.05, 0.1) is 16.7 Å². The van der Waals surface area contributed by atoms with Crippen molar-refractivity contribution in [3.8, 4) is 0 Å². The summed E-state index contributed by atoms with van der Waals surface area (Å²) >= 11 is 0. The number of hydrogen-bond donors (Lipinski definition) is 3. The van der Waals surface area contributed by atoms with Gasteiger partial charge in [-0.05, 0) is 24.7 Å². The summed E-state index contributed by atoms with van der Waals surface area (Å²) in [7, 11) is 0. The summed E-state index contributed by atoms with van der Waals surface area (Å²) in [5.41, 5.74) is -8.26. The molecule has 3 N–H and O–H groups in total. The molecule has 10 nitrogen and oxygen atoms in total. The summed E-state index contributed by atoms with van der Waals surface area (Å²) in [6, 6.07) is 0. The summed E-state index contributed by atoms with van der Waals surface area (Å²) < 4.78 is 22.5. The van der Waals surface area contributed by atoms with Crippen LogP contribution in [0.1, 0.15) is 34.1 Å². The van der Waals surface area contributed by atoms with Crippen LogP contribution in [0.2, 0.25) is 0 Å². The van der Waals surface area contributed by atoms with E-state index < -0.39 is 87.9 Å². The number of carbonyl (C=O) groups excluding carboxylic acids is 3. The van der Waals surface area contributed by atoms with Crippen molar-refractivity contribution >= 4 is 17.9 Å². The molecule has 10 heteroatoms. The Bertz CT molecular complexity index is 925. The van der Waals surface area contributed by atoms with E-state index in [2.05, 4.69) is 0 Å². The first kappa shape index (κ1) is 19.0. The van der Waals surface area contributed by atoms with Gasteiger partial charge in [-0.25, -0.2) is 9.59 Å². The van der Waals surface area contributed by atoms with Crippen LogP contribution in [0.4, 0.5) is 0 Å². The third-order valence-corrected chi connectivity index (χ3v) is 9.00. The largest absolute Gasteiger partial charge is 0.459 e. The molecule has 0 aromatic carbocycles. The molecule has 2 saturated carbocycles. The maximum Gasteiger partial charge on any atom is 0.343 e. The lowest BCUT2D eigenvalue weighted by atomic mass is 9.51. The van der Waals surface area contributed by atoms with Crippen molar-refractivity contribution in [3.63, 3.8) is 0 Å². The minimum absolute atomic E-state index is 0.229. The Morgan fingerprint density at radius 1 is 1.03 bits per heavy atom. The van der Waals surface area contributed by atoms with Crippen molar-refractivity contribution in [2.45, 2.75) is 76.0 Å². The Hall–Kier alpha value is -1.75. The molecular formula is C20H24O10. The molecule has 30 heavy (non-hydrogen) atoms. The molecular weight excluding hydrogens is 400 g/mol. The van der Waals surface area contributed by atoms with Crippen molar-refractivity contribution in [3.05, 3.63) is 0 Å². The standard InChI is InChI=1S/C20H24O10/c1-6-12(23)28-11-9(21)18-8-5-7(16(2,3)4)17(18)10(22)13(24)29-15(17)30-20(18,14(25)27-8)19(6,11)26/h6-11,15,21-22,26H,5H2,1-4H3/t6-,7+,8-,9+,10+,11+,15+,17+,18-,19-,20-/m1/s1. The molecule has 2 spiro atoms. The second kappa shape index (κ2) is 4.69. The molecule has 6 aliphatic rings. The van der Waals surface area contributed by atoms with Crippen molar-refractivity contribution < 1.29 is 48.7 Å². The quantitative estimate of drug-likeness (QED) is 0.314. The SMILES string of the molecule is C[C@@H]1C(=O)O[C@H]2[C@H](O)[C@]34[C@H]5C[C@@H](C(C)(C)C)[C@]36[C@@H](OC(=O)[C@@H]6O)O[C@@]4(C(=O)O5)[C@@]12O. The normalized spacial score (nSPS) is 60.1.